The Morgan fingerprint density at radius 1 is 0.266 bits per heavy atom. The Labute approximate surface area is 491 Å². The predicted molar refractivity (Wildman–Crippen MR) is 344 cm³/mol. The first-order valence-corrected chi connectivity index (χ1v) is 34.4. The van der Waals surface area contributed by atoms with Gasteiger partial charge in [0.25, 0.3) is 0 Å². The van der Waals surface area contributed by atoms with E-state index in [0.29, 0.717) is 19.3 Å². The fourth-order valence-corrected chi connectivity index (χ4v) is 10.1. The maximum atomic E-state index is 12.9. The molecule has 0 aromatic carbocycles. The third-order valence-electron chi connectivity index (χ3n) is 15.2. The van der Waals surface area contributed by atoms with Gasteiger partial charge in [-0.1, -0.05) is 318 Å². The molecule has 0 aromatic heterocycles. The lowest BCUT2D eigenvalue weighted by molar-refractivity contribution is -0.167. The van der Waals surface area contributed by atoms with Gasteiger partial charge in [0.1, 0.15) is 13.2 Å². The number of hydrogen-bond donors (Lipinski definition) is 0. The van der Waals surface area contributed by atoms with Gasteiger partial charge >= 0.3 is 17.9 Å². The summed E-state index contributed by atoms with van der Waals surface area (Å²) in [6.45, 7) is 6.55. The molecular formula is C73H130O6. The summed E-state index contributed by atoms with van der Waals surface area (Å²) in [5, 5.41) is 0. The number of esters is 3. The van der Waals surface area contributed by atoms with Crippen molar-refractivity contribution in [1.29, 1.82) is 0 Å². The third kappa shape index (κ3) is 65.5. The van der Waals surface area contributed by atoms with Gasteiger partial charge in [-0.25, -0.2) is 0 Å². The average Bonchev–Trinajstić information content (AvgIpc) is 3.45. The normalized spacial score (nSPS) is 12.5. The van der Waals surface area contributed by atoms with Gasteiger partial charge in [-0.3, -0.25) is 14.4 Å². The maximum absolute atomic E-state index is 12.9. The van der Waals surface area contributed by atoms with Crippen LogP contribution in [-0.2, 0) is 28.6 Å². The van der Waals surface area contributed by atoms with Crippen LogP contribution in [0.15, 0.2) is 72.9 Å². The molecule has 6 nitrogen and oxygen atoms in total. The molecule has 0 saturated carbocycles. The molecule has 0 aromatic rings. The molecule has 0 radical (unpaired) electrons. The average molecular weight is 1100 g/mol. The van der Waals surface area contributed by atoms with Crippen LogP contribution in [0.4, 0.5) is 0 Å². The fourth-order valence-electron chi connectivity index (χ4n) is 10.1. The van der Waals surface area contributed by atoms with E-state index in [1.54, 1.807) is 0 Å². The summed E-state index contributed by atoms with van der Waals surface area (Å²) >= 11 is 0. The number of allylic oxidation sites excluding steroid dienone is 12. The highest BCUT2D eigenvalue weighted by Gasteiger charge is 2.19. The Morgan fingerprint density at radius 2 is 0.494 bits per heavy atom. The van der Waals surface area contributed by atoms with Crippen molar-refractivity contribution in [2.24, 2.45) is 0 Å². The van der Waals surface area contributed by atoms with Crippen molar-refractivity contribution >= 4 is 17.9 Å². The molecule has 0 heterocycles. The number of rotatable bonds is 63. The molecule has 0 aliphatic rings. The van der Waals surface area contributed by atoms with E-state index in [1.807, 2.05) is 0 Å². The molecule has 458 valence electrons. The summed E-state index contributed by atoms with van der Waals surface area (Å²) in [6.07, 6.45) is 87.9. The van der Waals surface area contributed by atoms with Crippen molar-refractivity contribution in [3.63, 3.8) is 0 Å². The topological polar surface area (TPSA) is 78.9 Å². The summed E-state index contributed by atoms with van der Waals surface area (Å²) in [5.74, 6) is -0.859. The number of carbonyl (C=O) groups is 3. The minimum absolute atomic E-state index is 0.0720. The van der Waals surface area contributed by atoms with Crippen LogP contribution < -0.4 is 0 Å². The van der Waals surface area contributed by atoms with Crippen molar-refractivity contribution in [2.75, 3.05) is 13.2 Å². The number of carbonyl (C=O) groups excluding carboxylic acids is 3. The SMILES string of the molecule is CC/C=C\C/C=C\C/C=C\C/C=C\C/C=C\CCCCCCCCCCCCCC(=O)OCC(COC(=O)CCCCCCCCCCC)OC(=O)CCCCCCCCCCCCCCC/C=C\CCCCCCCCCC. The summed E-state index contributed by atoms with van der Waals surface area (Å²) in [4.78, 5) is 38.3. The van der Waals surface area contributed by atoms with Gasteiger partial charge in [0.2, 0.25) is 0 Å². The van der Waals surface area contributed by atoms with Crippen LogP contribution in [0.3, 0.4) is 0 Å². The van der Waals surface area contributed by atoms with E-state index in [2.05, 4.69) is 93.7 Å². The molecule has 0 aliphatic carbocycles. The van der Waals surface area contributed by atoms with Gasteiger partial charge in [0, 0.05) is 19.3 Å². The molecule has 6 heteroatoms. The molecule has 0 fully saturated rings. The predicted octanol–water partition coefficient (Wildman–Crippen LogP) is 23.7. The van der Waals surface area contributed by atoms with Crippen molar-refractivity contribution < 1.29 is 28.6 Å². The van der Waals surface area contributed by atoms with Crippen molar-refractivity contribution in [3.8, 4) is 0 Å². The fraction of sp³-hybridized carbons (Fsp3) is 0.795. The maximum Gasteiger partial charge on any atom is 0.306 e. The first-order valence-electron chi connectivity index (χ1n) is 34.4. The van der Waals surface area contributed by atoms with Crippen LogP contribution >= 0.6 is 0 Å². The van der Waals surface area contributed by atoms with E-state index in [9.17, 15) is 14.4 Å². The Morgan fingerprint density at radius 3 is 0.785 bits per heavy atom. The Hall–Kier alpha value is -3.15. The third-order valence-corrected chi connectivity index (χ3v) is 15.2. The molecule has 0 saturated heterocycles. The van der Waals surface area contributed by atoms with Gasteiger partial charge in [0.05, 0.1) is 0 Å². The minimum atomic E-state index is -0.774. The standard InChI is InChI=1S/C73H130O6/c1-4-7-10-13-16-19-21-23-25-27-29-31-33-35-36-38-39-41-43-45-47-49-51-54-57-60-63-66-72(75)78-69-70(68-77-71(74)65-62-59-56-53-18-15-12-9-6-3)79-73(76)67-64-61-58-55-52-50-48-46-44-42-40-37-34-32-30-28-26-24-22-20-17-14-11-8-5-2/h7,10,16,19,23,25,28-31,35-36,70H,4-6,8-9,11-15,17-18,20-22,24,26-27,32-34,37-69H2,1-3H3/b10-7-,19-16-,25-23-,30-28-,31-29-,36-35-. The summed E-state index contributed by atoms with van der Waals surface area (Å²) in [6, 6.07) is 0. The summed E-state index contributed by atoms with van der Waals surface area (Å²) < 4.78 is 16.9. The lowest BCUT2D eigenvalue weighted by Crippen LogP contribution is -2.30. The molecule has 0 amide bonds. The van der Waals surface area contributed by atoms with Gasteiger partial charge in [0.15, 0.2) is 6.10 Å². The largest absolute Gasteiger partial charge is 0.462 e. The summed E-state index contributed by atoms with van der Waals surface area (Å²) in [5.41, 5.74) is 0. The van der Waals surface area contributed by atoms with E-state index < -0.39 is 6.10 Å². The molecule has 1 atom stereocenters. The summed E-state index contributed by atoms with van der Waals surface area (Å²) in [7, 11) is 0. The highest BCUT2D eigenvalue weighted by atomic mass is 16.6. The van der Waals surface area contributed by atoms with Gasteiger partial charge in [-0.2, -0.15) is 0 Å². The molecule has 0 spiro atoms. The lowest BCUT2D eigenvalue weighted by Gasteiger charge is -2.18. The Kier molecular flexibility index (Phi) is 64.7. The second kappa shape index (κ2) is 67.4. The van der Waals surface area contributed by atoms with E-state index in [0.717, 1.165) is 89.9 Å². The zero-order valence-electron chi connectivity index (χ0n) is 52.6. The van der Waals surface area contributed by atoms with E-state index in [4.69, 9.17) is 14.2 Å². The highest BCUT2D eigenvalue weighted by Crippen LogP contribution is 2.17. The molecule has 0 rings (SSSR count). The molecule has 0 bridgehead atoms. The Balaban J connectivity index is 4.16. The molecule has 79 heavy (non-hydrogen) atoms. The monoisotopic (exact) mass is 1100 g/mol. The number of hydrogen-bond acceptors (Lipinski definition) is 6. The first kappa shape index (κ1) is 75.8. The quantitative estimate of drug-likeness (QED) is 0.0261. The van der Waals surface area contributed by atoms with Crippen LogP contribution in [0, 0.1) is 0 Å². The van der Waals surface area contributed by atoms with Crippen LogP contribution in [-0.4, -0.2) is 37.2 Å². The zero-order valence-corrected chi connectivity index (χ0v) is 52.6. The van der Waals surface area contributed by atoms with Crippen LogP contribution in [0.1, 0.15) is 355 Å². The Bertz CT molecular complexity index is 1450. The first-order chi connectivity index (χ1) is 39.0. The second-order valence-corrected chi connectivity index (χ2v) is 23.1. The van der Waals surface area contributed by atoms with Crippen LogP contribution in [0.5, 0.6) is 0 Å². The van der Waals surface area contributed by atoms with Crippen LogP contribution in [0.2, 0.25) is 0 Å². The van der Waals surface area contributed by atoms with Crippen LogP contribution in [0.25, 0.3) is 0 Å². The number of unbranched alkanes of at least 4 members (excludes halogenated alkanes) is 40. The van der Waals surface area contributed by atoms with Crippen molar-refractivity contribution in [3.05, 3.63) is 72.9 Å². The van der Waals surface area contributed by atoms with Crippen molar-refractivity contribution in [1.82, 2.24) is 0 Å². The van der Waals surface area contributed by atoms with E-state index in [1.165, 1.54) is 225 Å². The lowest BCUT2D eigenvalue weighted by atomic mass is 10.0. The van der Waals surface area contributed by atoms with Gasteiger partial charge in [-0.15, -0.1) is 0 Å². The van der Waals surface area contributed by atoms with E-state index in [-0.39, 0.29) is 31.1 Å². The molecule has 0 N–H and O–H groups in total. The highest BCUT2D eigenvalue weighted by molar-refractivity contribution is 5.71. The zero-order chi connectivity index (χ0) is 57.1. The molecule has 0 aliphatic heterocycles. The molecular weight excluding hydrogens is 973 g/mol. The molecule has 1 unspecified atom stereocenters. The minimum Gasteiger partial charge on any atom is -0.462 e. The second-order valence-electron chi connectivity index (χ2n) is 23.1. The smallest absolute Gasteiger partial charge is 0.306 e. The van der Waals surface area contributed by atoms with Gasteiger partial charge in [-0.05, 0) is 89.9 Å². The number of ether oxygens (including phenoxy) is 3. The van der Waals surface area contributed by atoms with E-state index >= 15 is 0 Å². The van der Waals surface area contributed by atoms with Gasteiger partial charge < -0.3 is 14.2 Å². The van der Waals surface area contributed by atoms with Crippen molar-refractivity contribution in [2.45, 2.75) is 361 Å².